The van der Waals surface area contributed by atoms with Gasteiger partial charge in [-0.15, -0.1) is 10.2 Å². The van der Waals surface area contributed by atoms with Gasteiger partial charge in [0.25, 0.3) is 0 Å². The molecule has 1 aromatic heterocycles. The van der Waals surface area contributed by atoms with Gasteiger partial charge in [0.1, 0.15) is 12.4 Å². The van der Waals surface area contributed by atoms with Crippen LogP contribution in [0.2, 0.25) is 0 Å². The summed E-state index contributed by atoms with van der Waals surface area (Å²) in [5, 5.41) is 11.9. The van der Waals surface area contributed by atoms with Crippen LogP contribution in [-0.4, -0.2) is 71.7 Å². The van der Waals surface area contributed by atoms with Crippen molar-refractivity contribution in [3.05, 3.63) is 11.6 Å². The second kappa shape index (κ2) is 11.9. The smallest absolute Gasteiger partial charge is 0.194 e. The molecule has 154 valence electrons. The largest absolute Gasteiger partial charge is 0.385 e. The zero-order valence-electron chi connectivity index (χ0n) is 17.4. The predicted molar refractivity (Wildman–Crippen MR) is 107 cm³/mol. The molecule has 0 atom stereocenters. The lowest BCUT2D eigenvalue weighted by Crippen LogP contribution is -2.47. The quantitative estimate of drug-likeness (QED) is 0.379. The van der Waals surface area contributed by atoms with Crippen molar-refractivity contribution in [2.75, 3.05) is 40.0 Å². The molecule has 0 amide bonds. The molecule has 2 heterocycles. The van der Waals surface area contributed by atoms with Gasteiger partial charge < -0.3 is 24.3 Å². The Morgan fingerprint density at radius 3 is 2.63 bits per heavy atom. The molecule has 27 heavy (non-hydrogen) atoms. The third-order valence-electron chi connectivity index (χ3n) is 4.95. The van der Waals surface area contributed by atoms with Crippen LogP contribution in [0.5, 0.6) is 0 Å². The summed E-state index contributed by atoms with van der Waals surface area (Å²) in [6.45, 7) is 9.11. The van der Waals surface area contributed by atoms with Crippen molar-refractivity contribution >= 4 is 5.96 Å². The molecule has 1 aromatic rings. The fourth-order valence-corrected chi connectivity index (χ4v) is 3.07. The average molecular weight is 381 g/mol. The van der Waals surface area contributed by atoms with Crippen molar-refractivity contribution in [1.82, 2.24) is 25.0 Å². The van der Waals surface area contributed by atoms with Crippen molar-refractivity contribution in [3.63, 3.8) is 0 Å². The number of piperidine rings is 1. The van der Waals surface area contributed by atoms with E-state index >= 15 is 0 Å². The Hall–Kier alpha value is -1.67. The molecule has 0 unspecified atom stereocenters. The van der Waals surface area contributed by atoms with Gasteiger partial charge in [-0.05, 0) is 32.6 Å². The maximum atomic E-state index is 5.97. The molecule has 1 aliphatic heterocycles. The van der Waals surface area contributed by atoms with Crippen LogP contribution >= 0.6 is 0 Å². The number of guanidine groups is 1. The number of hydrogen-bond acceptors (Lipinski definition) is 5. The lowest BCUT2D eigenvalue weighted by molar-refractivity contribution is 0.00988. The van der Waals surface area contributed by atoms with E-state index in [1.807, 2.05) is 18.5 Å². The van der Waals surface area contributed by atoms with Crippen molar-refractivity contribution in [3.8, 4) is 0 Å². The van der Waals surface area contributed by atoms with E-state index in [2.05, 4.69) is 27.3 Å². The minimum atomic E-state index is 0.344. The van der Waals surface area contributed by atoms with Crippen LogP contribution in [0.15, 0.2) is 4.99 Å². The Labute approximate surface area is 163 Å². The highest BCUT2D eigenvalue weighted by Gasteiger charge is 2.22. The lowest BCUT2D eigenvalue weighted by Gasteiger charge is -2.34. The third kappa shape index (κ3) is 7.10. The van der Waals surface area contributed by atoms with Crippen molar-refractivity contribution in [1.29, 1.82) is 0 Å². The van der Waals surface area contributed by atoms with E-state index in [9.17, 15) is 0 Å². The maximum Gasteiger partial charge on any atom is 0.194 e. The Morgan fingerprint density at radius 2 is 2.00 bits per heavy atom. The third-order valence-corrected chi connectivity index (χ3v) is 4.95. The lowest BCUT2D eigenvalue weighted by atomic mass is 10.1. The van der Waals surface area contributed by atoms with Gasteiger partial charge in [-0.25, -0.2) is 4.99 Å². The number of nitrogens with one attached hydrogen (secondary N) is 1. The molecule has 0 bridgehead atoms. The Morgan fingerprint density at radius 1 is 1.22 bits per heavy atom. The van der Waals surface area contributed by atoms with E-state index in [0.717, 1.165) is 76.1 Å². The Bertz CT molecular complexity index is 567. The van der Waals surface area contributed by atoms with Crippen LogP contribution in [0.3, 0.4) is 0 Å². The molecular weight excluding hydrogens is 344 g/mol. The van der Waals surface area contributed by atoms with E-state index in [4.69, 9.17) is 14.5 Å². The van der Waals surface area contributed by atoms with E-state index in [1.165, 1.54) is 6.42 Å². The number of aromatic nitrogens is 3. The summed E-state index contributed by atoms with van der Waals surface area (Å²) < 4.78 is 13.0. The number of hydrogen-bond donors (Lipinski definition) is 1. The van der Waals surface area contributed by atoms with Gasteiger partial charge in [0.2, 0.25) is 0 Å². The Balaban J connectivity index is 1.88. The number of methoxy groups -OCH3 is 1. The zero-order valence-corrected chi connectivity index (χ0v) is 17.4. The van der Waals surface area contributed by atoms with Gasteiger partial charge in [-0.2, -0.15) is 0 Å². The highest BCUT2D eigenvalue weighted by Crippen LogP contribution is 2.14. The maximum absolute atomic E-state index is 5.97. The SMILES string of the molecule is CCCCNC(=NCc1nnc(C)n1C)N1CCC(OCCCOC)CC1. The fourth-order valence-electron chi connectivity index (χ4n) is 3.07. The number of ether oxygens (including phenoxy) is 2. The first kappa shape index (κ1) is 21.6. The fraction of sp³-hybridized carbons (Fsp3) is 0.842. The highest BCUT2D eigenvalue weighted by molar-refractivity contribution is 5.80. The van der Waals surface area contributed by atoms with E-state index in [-0.39, 0.29) is 0 Å². The van der Waals surface area contributed by atoms with E-state index < -0.39 is 0 Å². The predicted octanol–water partition coefficient (Wildman–Crippen LogP) is 1.89. The number of aryl methyl sites for hydroxylation is 1. The van der Waals surface area contributed by atoms with Crippen molar-refractivity contribution < 1.29 is 9.47 Å². The first-order valence-corrected chi connectivity index (χ1v) is 10.1. The molecule has 1 N–H and O–H groups in total. The van der Waals surface area contributed by atoms with Gasteiger partial charge in [0.15, 0.2) is 11.8 Å². The molecule has 8 heteroatoms. The van der Waals surface area contributed by atoms with Crippen molar-refractivity contribution in [2.24, 2.45) is 12.0 Å². The van der Waals surface area contributed by atoms with Crippen LogP contribution in [0.4, 0.5) is 0 Å². The first-order chi connectivity index (χ1) is 13.2. The minimum absolute atomic E-state index is 0.344. The second-order valence-corrected chi connectivity index (χ2v) is 7.05. The molecule has 1 fully saturated rings. The number of likely N-dealkylation sites (tertiary alicyclic amines) is 1. The minimum Gasteiger partial charge on any atom is -0.385 e. The zero-order chi connectivity index (χ0) is 19.5. The summed E-state index contributed by atoms with van der Waals surface area (Å²) in [5.41, 5.74) is 0. The molecular formula is C19H36N6O2. The van der Waals surface area contributed by atoms with Crippen LogP contribution in [0, 0.1) is 6.92 Å². The van der Waals surface area contributed by atoms with Gasteiger partial charge in [0, 0.05) is 47.0 Å². The molecule has 0 spiro atoms. The van der Waals surface area contributed by atoms with E-state index in [0.29, 0.717) is 12.6 Å². The topological polar surface area (TPSA) is 76.8 Å². The van der Waals surface area contributed by atoms with Gasteiger partial charge in [-0.3, -0.25) is 0 Å². The molecule has 1 aliphatic rings. The van der Waals surface area contributed by atoms with Gasteiger partial charge in [-0.1, -0.05) is 13.3 Å². The number of aliphatic imine (C=N–C) groups is 1. The highest BCUT2D eigenvalue weighted by atomic mass is 16.5. The number of unbranched alkanes of at least 4 members (excludes halogenated alkanes) is 1. The molecule has 1 saturated heterocycles. The summed E-state index contributed by atoms with van der Waals surface area (Å²) in [6, 6.07) is 0. The van der Waals surface area contributed by atoms with Crippen LogP contribution < -0.4 is 5.32 Å². The summed E-state index contributed by atoms with van der Waals surface area (Å²) >= 11 is 0. The first-order valence-electron chi connectivity index (χ1n) is 10.1. The van der Waals surface area contributed by atoms with Crippen LogP contribution in [0.25, 0.3) is 0 Å². The molecule has 0 radical (unpaired) electrons. The molecule has 8 nitrogen and oxygen atoms in total. The normalized spacial score (nSPS) is 16.1. The number of nitrogens with zero attached hydrogens (tertiary/aromatic N) is 5. The summed E-state index contributed by atoms with van der Waals surface area (Å²) in [4.78, 5) is 7.17. The van der Waals surface area contributed by atoms with E-state index in [1.54, 1.807) is 7.11 Å². The Kier molecular flexibility index (Phi) is 9.55. The summed E-state index contributed by atoms with van der Waals surface area (Å²) in [7, 11) is 3.71. The summed E-state index contributed by atoms with van der Waals surface area (Å²) in [5.74, 6) is 2.77. The molecule has 0 aromatic carbocycles. The van der Waals surface area contributed by atoms with Gasteiger partial charge >= 0.3 is 0 Å². The van der Waals surface area contributed by atoms with Crippen molar-refractivity contribution in [2.45, 2.75) is 58.6 Å². The number of rotatable bonds is 10. The van der Waals surface area contributed by atoms with Gasteiger partial charge in [0.05, 0.1) is 6.10 Å². The molecule has 0 saturated carbocycles. The molecule has 0 aliphatic carbocycles. The summed E-state index contributed by atoms with van der Waals surface area (Å²) in [6.07, 6.45) is 5.67. The molecule has 2 rings (SSSR count). The second-order valence-electron chi connectivity index (χ2n) is 7.05. The monoisotopic (exact) mass is 380 g/mol. The van der Waals surface area contributed by atoms with Crippen LogP contribution in [0.1, 0.15) is 50.7 Å². The standard InChI is InChI=1S/C19H36N6O2/c1-5-6-10-20-19(21-15-18-23-22-16(2)24(18)3)25-11-8-17(9-12-25)27-14-7-13-26-4/h17H,5-15H2,1-4H3,(H,20,21). The average Bonchev–Trinajstić information content (AvgIpc) is 3.01. The van der Waals surface area contributed by atoms with Crippen LogP contribution in [-0.2, 0) is 23.1 Å².